The van der Waals surface area contributed by atoms with Crippen molar-refractivity contribution < 1.29 is 4.74 Å². The van der Waals surface area contributed by atoms with Crippen molar-refractivity contribution in [2.45, 2.75) is 77.7 Å². The van der Waals surface area contributed by atoms with Gasteiger partial charge in [-0.2, -0.15) is 0 Å². The molecule has 2 heteroatoms. The number of hydrogen-bond acceptors (Lipinski definition) is 2. The molecule has 114 valence electrons. The fourth-order valence-electron chi connectivity index (χ4n) is 2.36. The number of pyridine rings is 1. The van der Waals surface area contributed by atoms with E-state index in [1.807, 2.05) is 24.5 Å². The number of hydrogen-bond donors (Lipinski definition) is 0. The smallest absolute Gasteiger partial charge is 0.0717 e. The van der Waals surface area contributed by atoms with Crippen LogP contribution in [0.4, 0.5) is 0 Å². The molecule has 2 nitrogen and oxygen atoms in total. The maximum absolute atomic E-state index is 5.66. The quantitative estimate of drug-likeness (QED) is 0.443. The van der Waals surface area contributed by atoms with Crippen LogP contribution in [0.3, 0.4) is 0 Å². The van der Waals surface area contributed by atoms with E-state index in [0.717, 1.165) is 13.2 Å². The molecule has 0 fully saturated rings. The molecule has 1 aromatic heterocycles. The molecule has 0 radical (unpaired) electrons. The van der Waals surface area contributed by atoms with E-state index in [0.29, 0.717) is 0 Å². The van der Waals surface area contributed by atoms with Gasteiger partial charge in [-0.3, -0.25) is 4.98 Å². The Bertz CT molecular complexity index is 300. The standard InChI is InChI=1S/C18H31NO/c1-2-3-4-5-6-7-8-9-10-11-16-20-17-18-12-14-19-15-13-18/h12-15H,2-11,16-17H2,1H3. The van der Waals surface area contributed by atoms with Crippen LogP contribution in [-0.2, 0) is 11.3 Å². The maximum atomic E-state index is 5.66. The molecule has 0 saturated carbocycles. The Morgan fingerprint density at radius 1 is 0.800 bits per heavy atom. The summed E-state index contributed by atoms with van der Waals surface area (Å²) in [6.07, 6.45) is 17.4. The number of unbranched alkanes of at least 4 members (excludes halogenated alkanes) is 9. The van der Waals surface area contributed by atoms with Crippen molar-refractivity contribution in [1.29, 1.82) is 0 Å². The largest absolute Gasteiger partial charge is 0.377 e. The summed E-state index contributed by atoms with van der Waals surface area (Å²) in [4.78, 5) is 4.00. The first-order valence-corrected chi connectivity index (χ1v) is 8.40. The molecule has 1 aromatic rings. The van der Waals surface area contributed by atoms with Crippen LogP contribution >= 0.6 is 0 Å². The van der Waals surface area contributed by atoms with Gasteiger partial charge in [0.05, 0.1) is 6.61 Å². The van der Waals surface area contributed by atoms with Gasteiger partial charge in [0.1, 0.15) is 0 Å². The number of nitrogens with zero attached hydrogens (tertiary/aromatic N) is 1. The Morgan fingerprint density at radius 2 is 1.35 bits per heavy atom. The molecule has 0 aliphatic rings. The predicted octanol–water partition coefficient (Wildman–Crippen LogP) is 5.52. The molecule has 0 aliphatic heterocycles. The summed E-state index contributed by atoms with van der Waals surface area (Å²) in [5.41, 5.74) is 1.21. The van der Waals surface area contributed by atoms with Gasteiger partial charge in [0.2, 0.25) is 0 Å². The van der Waals surface area contributed by atoms with Crippen LogP contribution in [0, 0.1) is 0 Å². The molecule has 0 saturated heterocycles. The Kier molecular flexibility index (Phi) is 11.2. The van der Waals surface area contributed by atoms with E-state index in [1.54, 1.807) is 0 Å². The summed E-state index contributed by atoms with van der Waals surface area (Å²) in [6, 6.07) is 4.02. The fourth-order valence-corrected chi connectivity index (χ4v) is 2.36. The van der Waals surface area contributed by atoms with Gasteiger partial charge in [0.25, 0.3) is 0 Å². The van der Waals surface area contributed by atoms with Crippen LogP contribution < -0.4 is 0 Å². The average Bonchev–Trinajstić information content (AvgIpc) is 2.49. The first kappa shape index (κ1) is 17.2. The van der Waals surface area contributed by atoms with Crippen LogP contribution in [0.15, 0.2) is 24.5 Å². The molecule has 1 heterocycles. The van der Waals surface area contributed by atoms with E-state index in [9.17, 15) is 0 Å². The van der Waals surface area contributed by atoms with E-state index in [4.69, 9.17) is 4.74 Å². The molecule has 0 spiro atoms. The lowest BCUT2D eigenvalue weighted by Crippen LogP contribution is -1.95. The second-order valence-corrected chi connectivity index (χ2v) is 5.59. The monoisotopic (exact) mass is 277 g/mol. The Labute approximate surface area is 125 Å². The van der Waals surface area contributed by atoms with Gasteiger partial charge in [-0.05, 0) is 24.1 Å². The Hall–Kier alpha value is -0.890. The van der Waals surface area contributed by atoms with Crippen LogP contribution in [0.1, 0.15) is 76.7 Å². The average molecular weight is 277 g/mol. The molecule has 0 amide bonds. The molecule has 0 bridgehead atoms. The highest BCUT2D eigenvalue weighted by Gasteiger charge is 1.94. The third kappa shape index (κ3) is 9.96. The van der Waals surface area contributed by atoms with Crippen LogP contribution in [0.5, 0.6) is 0 Å². The minimum atomic E-state index is 0.722. The molecule has 1 rings (SSSR count). The molecule has 0 N–H and O–H groups in total. The number of rotatable bonds is 13. The van der Waals surface area contributed by atoms with E-state index in [-0.39, 0.29) is 0 Å². The van der Waals surface area contributed by atoms with Crippen molar-refractivity contribution >= 4 is 0 Å². The summed E-state index contributed by atoms with van der Waals surface area (Å²) in [5, 5.41) is 0. The second-order valence-electron chi connectivity index (χ2n) is 5.59. The van der Waals surface area contributed by atoms with Crippen LogP contribution in [0.2, 0.25) is 0 Å². The van der Waals surface area contributed by atoms with E-state index >= 15 is 0 Å². The van der Waals surface area contributed by atoms with Gasteiger partial charge < -0.3 is 4.74 Å². The second kappa shape index (κ2) is 13.1. The van der Waals surface area contributed by atoms with Crippen molar-refractivity contribution in [2.24, 2.45) is 0 Å². The molecule has 20 heavy (non-hydrogen) atoms. The van der Waals surface area contributed by atoms with Crippen molar-refractivity contribution in [3.63, 3.8) is 0 Å². The zero-order valence-corrected chi connectivity index (χ0v) is 13.2. The summed E-state index contributed by atoms with van der Waals surface area (Å²) < 4.78 is 5.66. The van der Waals surface area contributed by atoms with Gasteiger partial charge in [-0.15, -0.1) is 0 Å². The summed E-state index contributed by atoms with van der Waals surface area (Å²) >= 11 is 0. The Morgan fingerprint density at radius 3 is 1.95 bits per heavy atom. The van der Waals surface area contributed by atoms with Crippen molar-refractivity contribution in [1.82, 2.24) is 4.98 Å². The van der Waals surface area contributed by atoms with Crippen molar-refractivity contribution in [3.05, 3.63) is 30.1 Å². The first-order valence-electron chi connectivity index (χ1n) is 8.40. The van der Waals surface area contributed by atoms with Crippen LogP contribution in [0.25, 0.3) is 0 Å². The van der Waals surface area contributed by atoms with Crippen molar-refractivity contribution in [3.8, 4) is 0 Å². The highest BCUT2D eigenvalue weighted by Crippen LogP contribution is 2.10. The highest BCUT2D eigenvalue weighted by molar-refractivity contribution is 5.07. The zero-order valence-electron chi connectivity index (χ0n) is 13.2. The maximum Gasteiger partial charge on any atom is 0.0717 e. The van der Waals surface area contributed by atoms with Gasteiger partial charge in [0, 0.05) is 19.0 Å². The molecule has 0 aromatic carbocycles. The minimum absolute atomic E-state index is 0.722. The predicted molar refractivity (Wildman–Crippen MR) is 85.7 cm³/mol. The number of aromatic nitrogens is 1. The first-order chi connectivity index (χ1) is 9.93. The van der Waals surface area contributed by atoms with Gasteiger partial charge in [0.15, 0.2) is 0 Å². The molecular weight excluding hydrogens is 246 g/mol. The van der Waals surface area contributed by atoms with Crippen LogP contribution in [-0.4, -0.2) is 11.6 Å². The van der Waals surface area contributed by atoms with Gasteiger partial charge in [-0.25, -0.2) is 0 Å². The van der Waals surface area contributed by atoms with E-state index < -0.39 is 0 Å². The third-order valence-corrected chi connectivity index (χ3v) is 3.66. The summed E-state index contributed by atoms with van der Waals surface area (Å²) in [5.74, 6) is 0. The lowest BCUT2D eigenvalue weighted by molar-refractivity contribution is 0.116. The minimum Gasteiger partial charge on any atom is -0.377 e. The van der Waals surface area contributed by atoms with Gasteiger partial charge >= 0.3 is 0 Å². The Balaban J connectivity index is 1.77. The SMILES string of the molecule is CCCCCCCCCCCCOCc1ccncc1. The normalized spacial score (nSPS) is 10.8. The lowest BCUT2D eigenvalue weighted by Gasteiger charge is -2.04. The van der Waals surface area contributed by atoms with Crippen molar-refractivity contribution in [2.75, 3.05) is 6.61 Å². The van der Waals surface area contributed by atoms with E-state index in [1.165, 1.54) is 69.8 Å². The number of ether oxygens (including phenoxy) is 1. The fraction of sp³-hybridized carbons (Fsp3) is 0.722. The summed E-state index contributed by atoms with van der Waals surface area (Å²) in [7, 11) is 0. The molecule has 0 atom stereocenters. The molecular formula is C18H31NO. The summed E-state index contributed by atoms with van der Waals surface area (Å²) in [6.45, 7) is 3.88. The topological polar surface area (TPSA) is 22.1 Å². The third-order valence-electron chi connectivity index (χ3n) is 3.66. The van der Waals surface area contributed by atoms with E-state index in [2.05, 4.69) is 11.9 Å². The molecule has 0 unspecified atom stereocenters. The molecule has 0 aliphatic carbocycles. The highest BCUT2D eigenvalue weighted by atomic mass is 16.5. The lowest BCUT2D eigenvalue weighted by atomic mass is 10.1. The van der Waals surface area contributed by atoms with Gasteiger partial charge in [-0.1, -0.05) is 64.7 Å². The zero-order chi connectivity index (χ0) is 14.3.